The maximum atomic E-state index is 12.9. The van der Waals surface area contributed by atoms with Gasteiger partial charge in [-0.15, -0.1) is 0 Å². The highest BCUT2D eigenvalue weighted by Crippen LogP contribution is 2.31. The Hall–Kier alpha value is -2.54. The summed E-state index contributed by atoms with van der Waals surface area (Å²) in [7, 11) is 0. The minimum atomic E-state index is -0.547. The van der Waals surface area contributed by atoms with Crippen LogP contribution in [-0.4, -0.2) is 42.4 Å². The lowest BCUT2D eigenvalue weighted by molar-refractivity contribution is -0.143. The van der Waals surface area contributed by atoms with E-state index in [0.29, 0.717) is 17.7 Å². The van der Waals surface area contributed by atoms with Crippen molar-refractivity contribution in [1.82, 2.24) is 10.6 Å². The zero-order valence-corrected chi connectivity index (χ0v) is 18.1. The van der Waals surface area contributed by atoms with Crippen LogP contribution in [0.25, 0.3) is 0 Å². The Morgan fingerprint density at radius 3 is 2.50 bits per heavy atom. The molecule has 3 rings (SSSR count). The second-order valence-corrected chi connectivity index (χ2v) is 8.29. The monoisotopic (exact) mass is 415 g/mol. The molecule has 7 heteroatoms. The van der Waals surface area contributed by atoms with E-state index in [9.17, 15) is 14.7 Å². The van der Waals surface area contributed by atoms with Crippen LogP contribution in [0.1, 0.15) is 64.5 Å². The number of esters is 1. The molecule has 1 unspecified atom stereocenters. The van der Waals surface area contributed by atoms with Crippen molar-refractivity contribution in [3.63, 3.8) is 0 Å². The first-order chi connectivity index (χ1) is 14.4. The van der Waals surface area contributed by atoms with Gasteiger partial charge >= 0.3 is 12.0 Å². The topological polar surface area (TPSA) is 90.9 Å². The smallest absolute Gasteiger partial charge is 0.338 e. The van der Waals surface area contributed by atoms with Gasteiger partial charge in [0, 0.05) is 24.5 Å². The Bertz CT molecular complexity index is 780. The SMILES string of the molecule is CCCCC1=C(C(=O)OC(C)C)C(c2ccc(N3CCC(O)CC3)cc2)NC(=O)N1. The van der Waals surface area contributed by atoms with E-state index in [1.807, 2.05) is 38.1 Å². The van der Waals surface area contributed by atoms with Crippen LogP contribution in [0.5, 0.6) is 0 Å². The zero-order valence-electron chi connectivity index (χ0n) is 18.1. The van der Waals surface area contributed by atoms with Gasteiger partial charge < -0.3 is 25.4 Å². The third-order valence-electron chi connectivity index (χ3n) is 5.55. The molecule has 2 heterocycles. The predicted octanol–water partition coefficient (Wildman–Crippen LogP) is 3.40. The van der Waals surface area contributed by atoms with Crippen molar-refractivity contribution in [2.75, 3.05) is 18.0 Å². The molecule has 1 saturated heterocycles. The number of nitrogens with one attached hydrogen (secondary N) is 2. The fraction of sp³-hybridized carbons (Fsp3) is 0.565. The molecule has 1 aromatic rings. The van der Waals surface area contributed by atoms with Crippen LogP contribution in [0.2, 0.25) is 0 Å². The molecule has 1 atom stereocenters. The fourth-order valence-electron chi connectivity index (χ4n) is 3.94. The molecule has 0 radical (unpaired) electrons. The fourth-order valence-corrected chi connectivity index (χ4v) is 3.94. The third-order valence-corrected chi connectivity index (χ3v) is 5.55. The van der Waals surface area contributed by atoms with E-state index in [1.54, 1.807) is 0 Å². The van der Waals surface area contributed by atoms with Gasteiger partial charge in [0.2, 0.25) is 0 Å². The van der Waals surface area contributed by atoms with Crippen molar-refractivity contribution in [3.05, 3.63) is 41.1 Å². The van der Waals surface area contributed by atoms with Gasteiger partial charge in [-0.25, -0.2) is 9.59 Å². The number of carbonyl (C=O) groups excluding carboxylic acids is 2. The second kappa shape index (κ2) is 9.98. The third kappa shape index (κ3) is 5.33. The van der Waals surface area contributed by atoms with Gasteiger partial charge in [-0.2, -0.15) is 0 Å². The van der Waals surface area contributed by atoms with Crippen LogP contribution < -0.4 is 15.5 Å². The molecular weight excluding hydrogens is 382 g/mol. The highest BCUT2D eigenvalue weighted by Gasteiger charge is 2.34. The summed E-state index contributed by atoms with van der Waals surface area (Å²) in [4.78, 5) is 27.5. The molecule has 2 aliphatic rings. The molecule has 2 amide bonds. The number of aliphatic hydroxyl groups excluding tert-OH is 1. The summed E-state index contributed by atoms with van der Waals surface area (Å²) in [5, 5.41) is 15.4. The predicted molar refractivity (Wildman–Crippen MR) is 116 cm³/mol. The van der Waals surface area contributed by atoms with E-state index >= 15 is 0 Å². The Balaban J connectivity index is 1.88. The molecule has 0 saturated carbocycles. The van der Waals surface area contributed by atoms with Crippen molar-refractivity contribution in [2.24, 2.45) is 0 Å². The number of piperidine rings is 1. The lowest BCUT2D eigenvalue weighted by Crippen LogP contribution is -2.46. The molecule has 0 spiro atoms. The highest BCUT2D eigenvalue weighted by molar-refractivity contribution is 5.95. The quantitative estimate of drug-likeness (QED) is 0.594. The van der Waals surface area contributed by atoms with Crippen molar-refractivity contribution in [2.45, 2.75) is 71.1 Å². The van der Waals surface area contributed by atoms with Crippen LogP contribution in [0.4, 0.5) is 10.5 Å². The van der Waals surface area contributed by atoms with Gasteiger partial charge in [0.25, 0.3) is 0 Å². The number of carbonyl (C=O) groups is 2. The number of unbranched alkanes of at least 4 members (excludes halogenated alkanes) is 1. The number of hydrogen-bond acceptors (Lipinski definition) is 5. The summed E-state index contributed by atoms with van der Waals surface area (Å²) < 4.78 is 5.50. The summed E-state index contributed by atoms with van der Waals surface area (Å²) >= 11 is 0. The number of anilines is 1. The number of urea groups is 1. The molecule has 0 aromatic heterocycles. The molecular formula is C23H33N3O4. The molecule has 1 aromatic carbocycles. The molecule has 0 aliphatic carbocycles. The van der Waals surface area contributed by atoms with Gasteiger partial charge in [-0.05, 0) is 57.2 Å². The Morgan fingerprint density at radius 1 is 1.23 bits per heavy atom. The van der Waals surface area contributed by atoms with Crippen molar-refractivity contribution < 1.29 is 19.4 Å². The van der Waals surface area contributed by atoms with E-state index in [0.717, 1.165) is 50.0 Å². The first-order valence-electron chi connectivity index (χ1n) is 10.9. The van der Waals surface area contributed by atoms with Crippen LogP contribution in [0.15, 0.2) is 35.5 Å². The number of benzene rings is 1. The van der Waals surface area contributed by atoms with E-state index in [1.165, 1.54) is 0 Å². The van der Waals surface area contributed by atoms with Gasteiger partial charge in [0.15, 0.2) is 0 Å². The second-order valence-electron chi connectivity index (χ2n) is 8.29. The summed E-state index contributed by atoms with van der Waals surface area (Å²) in [6, 6.07) is 7.08. The zero-order chi connectivity index (χ0) is 21.7. The maximum Gasteiger partial charge on any atom is 0.338 e. The van der Waals surface area contributed by atoms with E-state index in [-0.39, 0.29) is 18.2 Å². The van der Waals surface area contributed by atoms with Crippen molar-refractivity contribution in [1.29, 1.82) is 0 Å². The number of aliphatic hydroxyl groups is 1. The summed E-state index contributed by atoms with van der Waals surface area (Å²) in [6.07, 6.45) is 3.53. The number of ether oxygens (including phenoxy) is 1. The molecule has 2 aliphatic heterocycles. The normalized spacial score (nSPS) is 20.2. The molecule has 1 fully saturated rings. The highest BCUT2D eigenvalue weighted by atomic mass is 16.5. The minimum Gasteiger partial charge on any atom is -0.459 e. The van der Waals surface area contributed by atoms with Gasteiger partial charge in [0.1, 0.15) is 0 Å². The summed E-state index contributed by atoms with van der Waals surface area (Å²) in [5.41, 5.74) is 3.04. The largest absolute Gasteiger partial charge is 0.459 e. The van der Waals surface area contributed by atoms with Crippen LogP contribution in [0.3, 0.4) is 0 Å². The molecule has 0 bridgehead atoms. The summed E-state index contributed by atoms with van der Waals surface area (Å²) in [5.74, 6) is -0.400. The number of hydrogen-bond donors (Lipinski definition) is 3. The van der Waals surface area contributed by atoms with Gasteiger partial charge in [-0.1, -0.05) is 25.5 Å². The lowest BCUT2D eigenvalue weighted by atomic mass is 9.93. The summed E-state index contributed by atoms with van der Waals surface area (Å²) in [6.45, 7) is 7.34. The Labute approximate surface area is 178 Å². The van der Waals surface area contributed by atoms with Gasteiger partial charge in [-0.3, -0.25) is 0 Å². The molecule has 30 heavy (non-hydrogen) atoms. The molecule has 7 nitrogen and oxygen atoms in total. The van der Waals surface area contributed by atoms with Crippen molar-refractivity contribution in [3.8, 4) is 0 Å². The molecule has 3 N–H and O–H groups in total. The van der Waals surface area contributed by atoms with E-state index in [4.69, 9.17) is 4.74 Å². The average molecular weight is 416 g/mol. The van der Waals surface area contributed by atoms with Crippen LogP contribution in [0, 0.1) is 0 Å². The average Bonchev–Trinajstić information content (AvgIpc) is 2.72. The number of nitrogens with zero attached hydrogens (tertiary/aromatic N) is 1. The Kier molecular flexibility index (Phi) is 7.37. The maximum absolute atomic E-state index is 12.9. The number of amides is 2. The number of allylic oxidation sites excluding steroid dienone is 1. The minimum absolute atomic E-state index is 0.216. The molecule has 164 valence electrons. The van der Waals surface area contributed by atoms with Crippen LogP contribution >= 0.6 is 0 Å². The van der Waals surface area contributed by atoms with E-state index < -0.39 is 12.0 Å². The Morgan fingerprint density at radius 2 is 1.90 bits per heavy atom. The standard InChI is InChI=1S/C23H33N3O4/c1-4-5-6-19-20(22(28)30-15(2)3)21(25-23(29)24-19)16-7-9-17(10-8-16)26-13-11-18(27)12-14-26/h7-10,15,18,21,27H,4-6,11-14H2,1-3H3,(H2,24,25,29). The van der Waals surface area contributed by atoms with E-state index in [2.05, 4.69) is 22.5 Å². The lowest BCUT2D eigenvalue weighted by Gasteiger charge is -2.32. The van der Waals surface area contributed by atoms with Crippen LogP contribution in [-0.2, 0) is 9.53 Å². The van der Waals surface area contributed by atoms with Gasteiger partial charge in [0.05, 0.1) is 23.8 Å². The first kappa shape index (κ1) is 22.2. The first-order valence-corrected chi connectivity index (χ1v) is 10.9. The number of rotatable bonds is 7. The van der Waals surface area contributed by atoms with Crippen molar-refractivity contribution >= 4 is 17.7 Å².